The van der Waals surface area contributed by atoms with E-state index in [1.165, 1.54) is 0 Å². The predicted octanol–water partition coefficient (Wildman–Crippen LogP) is 1.61. The van der Waals surface area contributed by atoms with Crippen molar-refractivity contribution in [1.82, 2.24) is 9.80 Å². The van der Waals surface area contributed by atoms with Gasteiger partial charge in [0.2, 0.25) is 5.91 Å². The van der Waals surface area contributed by atoms with Gasteiger partial charge in [-0.05, 0) is 31.5 Å². The molecule has 2 aliphatic rings. The largest absolute Gasteiger partial charge is 0.378 e. The van der Waals surface area contributed by atoms with Crippen LogP contribution in [0.1, 0.15) is 13.3 Å². The Labute approximate surface area is 148 Å². The molecule has 2 fully saturated rings. The number of amides is 3. The maximum absolute atomic E-state index is 12.6. The summed E-state index contributed by atoms with van der Waals surface area (Å²) in [6, 6.07) is 7.61. The Morgan fingerprint density at radius 1 is 1.20 bits per heavy atom. The number of likely N-dealkylation sites (N-methyl/N-ethyl adjacent to an activating group) is 1. The number of ether oxygens (including phenoxy) is 1. The summed E-state index contributed by atoms with van der Waals surface area (Å²) in [6.07, 6.45) is 0.806. The first-order valence-electron chi connectivity index (χ1n) is 8.94. The summed E-state index contributed by atoms with van der Waals surface area (Å²) in [4.78, 5) is 30.4. The van der Waals surface area contributed by atoms with E-state index in [9.17, 15) is 9.59 Å². The molecule has 7 nitrogen and oxygen atoms in total. The first kappa shape index (κ1) is 17.5. The highest BCUT2D eigenvalue weighted by Crippen LogP contribution is 2.21. The molecule has 1 aromatic rings. The second-order valence-electron chi connectivity index (χ2n) is 6.33. The molecule has 1 aromatic carbocycles. The van der Waals surface area contributed by atoms with Gasteiger partial charge in [-0.15, -0.1) is 0 Å². The molecule has 25 heavy (non-hydrogen) atoms. The smallest absolute Gasteiger partial charge is 0.322 e. The molecular weight excluding hydrogens is 320 g/mol. The summed E-state index contributed by atoms with van der Waals surface area (Å²) in [5, 5.41) is 2.93. The van der Waals surface area contributed by atoms with Gasteiger partial charge in [-0.2, -0.15) is 0 Å². The molecule has 0 bridgehead atoms. The van der Waals surface area contributed by atoms with Crippen LogP contribution in [0.3, 0.4) is 0 Å². The highest BCUT2D eigenvalue weighted by atomic mass is 16.5. The molecule has 2 saturated heterocycles. The molecule has 7 heteroatoms. The van der Waals surface area contributed by atoms with Crippen LogP contribution < -0.4 is 10.2 Å². The summed E-state index contributed by atoms with van der Waals surface area (Å²) in [5.74, 6) is 0.0113. The summed E-state index contributed by atoms with van der Waals surface area (Å²) in [6.45, 7) is 7.25. The van der Waals surface area contributed by atoms with Gasteiger partial charge >= 0.3 is 6.03 Å². The van der Waals surface area contributed by atoms with Crippen molar-refractivity contribution < 1.29 is 14.3 Å². The van der Waals surface area contributed by atoms with E-state index in [0.717, 1.165) is 44.1 Å². The Morgan fingerprint density at radius 3 is 2.76 bits per heavy atom. The van der Waals surface area contributed by atoms with Crippen molar-refractivity contribution in [1.29, 1.82) is 0 Å². The standard InChI is InChI=1S/C18H26N4O3/c1-2-20-7-4-8-22(14-17(20)23)18(24)19-15-5-3-6-16(13-15)21-9-11-25-12-10-21/h3,5-6,13H,2,4,7-12,14H2,1H3,(H,19,24). The molecule has 0 aliphatic carbocycles. The van der Waals surface area contributed by atoms with Gasteiger partial charge in [0.05, 0.1) is 13.2 Å². The van der Waals surface area contributed by atoms with E-state index in [1.54, 1.807) is 9.80 Å². The van der Waals surface area contributed by atoms with Crippen LogP contribution >= 0.6 is 0 Å². The first-order valence-corrected chi connectivity index (χ1v) is 8.94. The molecule has 0 aromatic heterocycles. The van der Waals surface area contributed by atoms with Crippen LogP contribution in [0.25, 0.3) is 0 Å². The zero-order chi connectivity index (χ0) is 17.6. The van der Waals surface area contributed by atoms with Crippen LogP contribution in [0.4, 0.5) is 16.2 Å². The summed E-state index contributed by atoms with van der Waals surface area (Å²) < 4.78 is 5.38. The number of carbonyl (C=O) groups excluding carboxylic acids is 2. The predicted molar refractivity (Wildman–Crippen MR) is 96.9 cm³/mol. The molecular formula is C18H26N4O3. The van der Waals surface area contributed by atoms with Crippen molar-refractivity contribution in [3.8, 4) is 0 Å². The summed E-state index contributed by atoms with van der Waals surface area (Å²) >= 11 is 0. The molecule has 0 unspecified atom stereocenters. The average molecular weight is 346 g/mol. The number of benzene rings is 1. The van der Waals surface area contributed by atoms with Crippen molar-refractivity contribution >= 4 is 23.3 Å². The Morgan fingerprint density at radius 2 is 2.00 bits per heavy atom. The molecule has 2 heterocycles. The van der Waals surface area contributed by atoms with Crippen molar-refractivity contribution in [3.63, 3.8) is 0 Å². The van der Waals surface area contributed by atoms with E-state index in [1.807, 2.05) is 31.2 Å². The average Bonchev–Trinajstić information content (AvgIpc) is 2.84. The summed E-state index contributed by atoms with van der Waals surface area (Å²) in [5.41, 5.74) is 1.82. The first-order chi connectivity index (χ1) is 12.2. The van der Waals surface area contributed by atoms with Crippen molar-refractivity contribution in [2.24, 2.45) is 0 Å². The number of nitrogens with zero attached hydrogens (tertiary/aromatic N) is 3. The van der Waals surface area contributed by atoms with Crippen LogP contribution in [0.15, 0.2) is 24.3 Å². The molecule has 2 aliphatic heterocycles. The number of urea groups is 1. The molecule has 3 rings (SSSR count). The van der Waals surface area contributed by atoms with Gasteiger partial charge in [0.25, 0.3) is 0 Å². The van der Waals surface area contributed by atoms with Gasteiger partial charge in [-0.3, -0.25) is 4.79 Å². The lowest BCUT2D eigenvalue weighted by Crippen LogP contribution is -2.41. The molecule has 1 N–H and O–H groups in total. The molecule has 0 radical (unpaired) electrons. The molecule has 0 saturated carbocycles. The minimum absolute atomic E-state index is 0.0113. The third kappa shape index (κ3) is 4.42. The zero-order valence-electron chi connectivity index (χ0n) is 14.7. The lowest BCUT2D eigenvalue weighted by Gasteiger charge is -2.29. The lowest BCUT2D eigenvalue weighted by atomic mass is 10.2. The fourth-order valence-electron chi connectivity index (χ4n) is 3.23. The van der Waals surface area contributed by atoms with E-state index in [4.69, 9.17) is 4.74 Å². The molecule has 0 atom stereocenters. The van der Waals surface area contributed by atoms with Gasteiger partial charge in [0, 0.05) is 44.1 Å². The number of anilines is 2. The SMILES string of the molecule is CCN1CCCN(C(=O)Nc2cccc(N3CCOCC3)c2)CC1=O. The Bertz CT molecular complexity index is 616. The van der Waals surface area contributed by atoms with Gasteiger partial charge in [0.15, 0.2) is 0 Å². The van der Waals surface area contributed by atoms with Gasteiger partial charge < -0.3 is 24.8 Å². The van der Waals surface area contributed by atoms with Crippen molar-refractivity contribution in [3.05, 3.63) is 24.3 Å². The van der Waals surface area contributed by atoms with Crippen LogP contribution in [0, 0.1) is 0 Å². The minimum Gasteiger partial charge on any atom is -0.378 e. The molecule has 3 amide bonds. The van der Waals surface area contributed by atoms with Crippen molar-refractivity contribution in [2.45, 2.75) is 13.3 Å². The number of nitrogens with one attached hydrogen (secondary N) is 1. The monoisotopic (exact) mass is 346 g/mol. The minimum atomic E-state index is -0.217. The third-order valence-corrected chi connectivity index (χ3v) is 4.68. The molecule has 136 valence electrons. The van der Waals surface area contributed by atoms with Crippen LogP contribution in [-0.4, -0.2) is 74.2 Å². The highest BCUT2D eigenvalue weighted by Gasteiger charge is 2.24. The Kier molecular flexibility index (Phi) is 5.75. The number of morpholine rings is 1. The normalized spacial score (nSPS) is 18.9. The second-order valence-corrected chi connectivity index (χ2v) is 6.33. The topological polar surface area (TPSA) is 65.1 Å². The number of hydrogen-bond donors (Lipinski definition) is 1. The van der Waals surface area contributed by atoms with Crippen molar-refractivity contribution in [2.75, 3.05) is 62.7 Å². The number of carbonyl (C=O) groups is 2. The number of rotatable bonds is 3. The van der Waals surface area contributed by atoms with Crippen LogP contribution in [0.2, 0.25) is 0 Å². The van der Waals surface area contributed by atoms with E-state index in [2.05, 4.69) is 10.2 Å². The molecule has 0 spiro atoms. The second kappa shape index (κ2) is 8.20. The third-order valence-electron chi connectivity index (χ3n) is 4.68. The number of hydrogen-bond acceptors (Lipinski definition) is 4. The van der Waals surface area contributed by atoms with E-state index in [-0.39, 0.29) is 18.5 Å². The Balaban J connectivity index is 1.63. The fourth-order valence-corrected chi connectivity index (χ4v) is 3.23. The maximum atomic E-state index is 12.6. The van der Waals surface area contributed by atoms with E-state index >= 15 is 0 Å². The Hall–Kier alpha value is -2.28. The van der Waals surface area contributed by atoms with Gasteiger partial charge in [-0.1, -0.05) is 6.07 Å². The van der Waals surface area contributed by atoms with E-state index < -0.39 is 0 Å². The lowest BCUT2D eigenvalue weighted by molar-refractivity contribution is -0.130. The maximum Gasteiger partial charge on any atom is 0.322 e. The van der Waals surface area contributed by atoms with Crippen LogP contribution in [-0.2, 0) is 9.53 Å². The summed E-state index contributed by atoms with van der Waals surface area (Å²) in [7, 11) is 0. The van der Waals surface area contributed by atoms with Crippen LogP contribution in [0.5, 0.6) is 0 Å². The van der Waals surface area contributed by atoms with E-state index in [0.29, 0.717) is 19.6 Å². The van der Waals surface area contributed by atoms with Gasteiger partial charge in [0.1, 0.15) is 6.54 Å². The fraction of sp³-hybridized carbons (Fsp3) is 0.556. The highest BCUT2D eigenvalue weighted by molar-refractivity contribution is 5.93. The zero-order valence-corrected chi connectivity index (χ0v) is 14.7. The van der Waals surface area contributed by atoms with Gasteiger partial charge in [-0.25, -0.2) is 4.79 Å². The quantitative estimate of drug-likeness (QED) is 0.903.